The van der Waals surface area contributed by atoms with Crippen LogP contribution in [0.4, 0.5) is 0 Å². The van der Waals surface area contributed by atoms with Crippen LogP contribution >= 0.6 is 7.82 Å². The van der Waals surface area contributed by atoms with Gasteiger partial charge in [0.1, 0.15) is 43.2 Å². The van der Waals surface area contributed by atoms with E-state index in [9.17, 15) is 44.6 Å². The maximum Gasteiger partial charge on any atom is 0.472 e. The van der Waals surface area contributed by atoms with Crippen LogP contribution in [0.15, 0.2) is 48.6 Å². The van der Waals surface area contributed by atoms with E-state index in [1.54, 1.807) is 0 Å². The third-order valence-corrected chi connectivity index (χ3v) is 12.0. The fourth-order valence-electron chi connectivity index (χ4n) is 7.11. The molecule has 0 heterocycles. The van der Waals surface area contributed by atoms with Gasteiger partial charge >= 0.3 is 19.8 Å². The molecule has 0 aromatic heterocycles. The van der Waals surface area contributed by atoms with Crippen LogP contribution < -0.4 is 0 Å². The summed E-state index contributed by atoms with van der Waals surface area (Å²) in [6, 6.07) is 0. The van der Waals surface area contributed by atoms with Gasteiger partial charge in [-0.3, -0.25) is 18.6 Å². The van der Waals surface area contributed by atoms with Gasteiger partial charge in [0.2, 0.25) is 0 Å². The van der Waals surface area contributed by atoms with Crippen LogP contribution in [0.2, 0.25) is 0 Å². The van der Waals surface area contributed by atoms with Crippen molar-refractivity contribution in [1.82, 2.24) is 0 Å². The van der Waals surface area contributed by atoms with Crippen LogP contribution in [0.25, 0.3) is 0 Å². The number of hydrogen-bond donors (Lipinski definition) is 6. The molecule has 0 spiro atoms. The molecule has 8 atom stereocenters. The molecule has 6 N–H and O–H groups in total. The number of ether oxygens (including phenoxy) is 2. The molecule has 13 nitrogen and oxygen atoms in total. The number of phosphoric ester groups is 1. The molecule has 0 saturated heterocycles. The number of rotatable bonds is 39. The Hall–Kier alpha value is -2.19. The van der Waals surface area contributed by atoms with Crippen LogP contribution in [0, 0.1) is 0 Å². The summed E-state index contributed by atoms with van der Waals surface area (Å²) in [5.74, 6) is -1.13. The Kier molecular flexibility index (Phi) is 35.5. The average Bonchev–Trinajstić information content (AvgIpc) is 3.25. The van der Waals surface area contributed by atoms with Crippen molar-refractivity contribution in [1.29, 1.82) is 0 Å². The Morgan fingerprint density at radius 3 is 1.44 bits per heavy atom. The Labute approximate surface area is 373 Å². The molecule has 1 fully saturated rings. The standard InChI is InChI=1S/C48H85O13P/c1-3-5-7-9-11-13-15-17-18-19-20-21-22-23-25-26-28-30-32-34-36-41(49)58-38-40(39-59-62(56,57)61-48-46(54)44(52)43(51)45(53)47(48)55)60-42(50)37-35-33-31-29-27-24-16-14-12-10-8-6-4-2/h6,8,10,12,14,16,20-21,40,43-48,51-55H,3-5,7,9,11,13,15,17-19,22-39H2,1-2H3,(H,56,57)/b8-6+,12-10+,16-14+,21-20+/t40?,43?,44-,45?,46?,47?,48?/m0/s1. The van der Waals surface area contributed by atoms with E-state index in [1.807, 2.05) is 24.3 Å². The molecular formula is C48H85O13P. The molecule has 1 saturated carbocycles. The summed E-state index contributed by atoms with van der Waals surface area (Å²) >= 11 is 0. The lowest BCUT2D eigenvalue weighted by Crippen LogP contribution is -2.64. The highest BCUT2D eigenvalue weighted by molar-refractivity contribution is 7.47. The van der Waals surface area contributed by atoms with Gasteiger partial charge in [0.05, 0.1) is 6.61 Å². The number of phosphoric acid groups is 1. The lowest BCUT2D eigenvalue weighted by Gasteiger charge is -2.41. The monoisotopic (exact) mass is 901 g/mol. The van der Waals surface area contributed by atoms with Crippen molar-refractivity contribution >= 4 is 19.8 Å². The zero-order valence-electron chi connectivity index (χ0n) is 38.2. The van der Waals surface area contributed by atoms with Gasteiger partial charge in [0.15, 0.2) is 6.10 Å². The molecule has 0 aliphatic heterocycles. The molecule has 0 radical (unpaired) electrons. The van der Waals surface area contributed by atoms with Gasteiger partial charge in [-0.25, -0.2) is 4.57 Å². The summed E-state index contributed by atoms with van der Waals surface area (Å²) in [6.45, 7) is 3.15. The quantitative estimate of drug-likeness (QED) is 0.0112. The van der Waals surface area contributed by atoms with Gasteiger partial charge in [-0.05, 0) is 57.8 Å². The minimum Gasteiger partial charge on any atom is -0.462 e. The number of aliphatic hydroxyl groups is 5. The first kappa shape index (κ1) is 57.8. The van der Waals surface area contributed by atoms with E-state index in [2.05, 4.69) is 38.2 Å². The minimum atomic E-state index is -5.13. The smallest absolute Gasteiger partial charge is 0.462 e. The fourth-order valence-corrected chi connectivity index (χ4v) is 8.08. The highest BCUT2D eigenvalue weighted by Gasteiger charge is 2.51. The van der Waals surface area contributed by atoms with Gasteiger partial charge in [-0.15, -0.1) is 0 Å². The molecule has 14 heteroatoms. The molecule has 0 aromatic rings. The molecule has 0 aromatic carbocycles. The Balaban J connectivity index is 2.42. The third-order valence-electron chi connectivity index (χ3n) is 11.0. The van der Waals surface area contributed by atoms with E-state index in [0.29, 0.717) is 12.8 Å². The molecule has 360 valence electrons. The summed E-state index contributed by atoms with van der Waals surface area (Å²) in [4.78, 5) is 35.7. The van der Waals surface area contributed by atoms with E-state index < -0.39 is 75.7 Å². The van der Waals surface area contributed by atoms with Gasteiger partial charge in [-0.1, -0.05) is 165 Å². The van der Waals surface area contributed by atoms with E-state index in [0.717, 1.165) is 70.6 Å². The van der Waals surface area contributed by atoms with Crippen molar-refractivity contribution < 1.29 is 63.1 Å². The van der Waals surface area contributed by atoms with Crippen LogP contribution in [0.3, 0.4) is 0 Å². The SMILES string of the molecule is CC/C=C/C=C/C=C/CCCCCCCC(=O)OC(COC(=O)CCCCCCCCC/C=C/CCCCCCCCCCC)COP(=O)(O)OC1C(O)C(O)C(O)[C@H](O)C1O. The first-order chi connectivity index (χ1) is 29.9. The first-order valence-electron chi connectivity index (χ1n) is 24.0. The Morgan fingerprint density at radius 2 is 0.935 bits per heavy atom. The second-order valence-corrected chi connectivity index (χ2v) is 18.0. The molecule has 1 aliphatic rings. The molecule has 62 heavy (non-hydrogen) atoms. The number of aliphatic hydroxyl groups excluding tert-OH is 5. The zero-order chi connectivity index (χ0) is 45.7. The number of allylic oxidation sites excluding steroid dienone is 8. The number of esters is 2. The second kappa shape index (κ2) is 38.1. The van der Waals surface area contributed by atoms with Gasteiger partial charge in [-0.2, -0.15) is 0 Å². The van der Waals surface area contributed by atoms with Crippen molar-refractivity contribution in [2.75, 3.05) is 13.2 Å². The molecule has 1 aliphatic carbocycles. The van der Waals surface area contributed by atoms with Crippen LogP contribution in [0.1, 0.15) is 187 Å². The number of unbranched alkanes of at least 4 members (excludes halogenated alkanes) is 21. The summed E-state index contributed by atoms with van der Waals surface area (Å²) in [7, 11) is -5.13. The number of hydrogen-bond acceptors (Lipinski definition) is 12. The van der Waals surface area contributed by atoms with E-state index in [-0.39, 0.29) is 12.8 Å². The lowest BCUT2D eigenvalue weighted by molar-refractivity contribution is -0.220. The van der Waals surface area contributed by atoms with E-state index in [1.165, 1.54) is 77.0 Å². The Bertz CT molecular complexity index is 1270. The summed E-state index contributed by atoms with van der Waals surface area (Å²) < 4.78 is 33.5. The van der Waals surface area contributed by atoms with Crippen molar-refractivity contribution in [2.24, 2.45) is 0 Å². The molecule has 0 bridgehead atoms. The maximum absolute atomic E-state index is 12.8. The topological polar surface area (TPSA) is 210 Å². The fraction of sp³-hybridized carbons (Fsp3) is 0.792. The number of carbonyl (C=O) groups excluding carboxylic acids is 2. The summed E-state index contributed by atoms with van der Waals surface area (Å²) in [5, 5.41) is 50.1. The van der Waals surface area contributed by atoms with Gasteiger partial charge in [0.25, 0.3) is 0 Å². The molecule has 0 amide bonds. The van der Waals surface area contributed by atoms with Crippen LogP contribution in [0.5, 0.6) is 0 Å². The van der Waals surface area contributed by atoms with Gasteiger partial charge in [0, 0.05) is 12.8 Å². The van der Waals surface area contributed by atoms with Crippen molar-refractivity contribution in [3.63, 3.8) is 0 Å². The normalized spacial score (nSPS) is 22.3. The van der Waals surface area contributed by atoms with Crippen molar-refractivity contribution in [2.45, 2.75) is 230 Å². The second-order valence-electron chi connectivity index (χ2n) is 16.6. The predicted octanol–water partition coefficient (Wildman–Crippen LogP) is 9.56. The highest BCUT2D eigenvalue weighted by atomic mass is 31.2. The largest absolute Gasteiger partial charge is 0.472 e. The Morgan fingerprint density at radius 1 is 0.516 bits per heavy atom. The predicted molar refractivity (Wildman–Crippen MR) is 244 cm³/mol. The maximum atomic E-state index is 12.8. The minimum absolute atomic E-state index is 0.0718. The highest BCUT2D eigenvalue weighted by Crippen LogP contribution is 2.47. The molecule has 7 unspecified atom stereocenters. The average molecular weight is 901 g/mol. The van der Waals surface area contributed by atoms with Gasteiger partial charge < -0.3 is 39.9 Å². The zero-order valence-corrected chi connectivity index (χ0v) is 39.0. The lowest BCUT2D eigenvalue weighted by atomic mass is 9.85. The third kappa shape index (κ3) is 30.0. The number of carbonyl (C=O) groups is 2. The molecular weight excluding hydrogens is 815 g/mol. The summed E-state index contributed by atoms with van der Waals surface area (Å²) in [6.07, 6.45) is 31.7. The van der Waals surface area contributed by atoms with Crippen LogP contribution in [-0.2, 0) is 32.7 Å². The van der Waals surface area contributed by atoms with Crippen molar-refractivity contribution in [3.8, 4) is 0 Å². The van der Waals surface area contributed by atoms with Crippen molar-refractivity contribution in [3.05, 3.63) is 48.6 Å². The summed E-state index contributed by atoms with van der Waals surface area (Å²) in [5.41, 5.74) is 0. The first-order valence-corrected chi connectivity index (χ1v) is 25.5. The van der Waals surface area contributed by atoms with Crippen LogP contribution in [-0.4, -0.2) is 98.3 Å². The van der Waals surface area contributed by atoms with E-state index in [4.69, 9.17) is 18.5 Å². The molecule has 1 rings (SSSR count). The van der Waals surface area contributed by atoms with E-state index >= 15 is 0 Å².